The van der Waals surface area contributed by atoms with Gasteiger partial charge in [0.2, 0.25) is 0 Å². The van der Waals surface area contributed by atoms with Gasteiger partial charge in [0.15, 0.2) is 0 Å². The number of hydrogen-bond donors (Lipinski definition) is 1. The van der Waals surface area contributed by atoms with E-state index in [2.05, 4.69) is 31.6 Å². The summed E-state index contributed by atoms with van der Waals surface area (Å²) in [6.07, 6.45) is 4.46. The predicted octanol–water partition coefficient (Wildman–Crippen LogP) is 2.44. The van der Waals surface area contributed by atoms with Gasteiger partial charge in [-0.2, -0.15) is 0 Å². The Morgan fingerprint density at radius 2 is 2.29 bits per heavy atom. The molecule has 1 N–H and O–H groups in total. The van der Waals surface area contributed by atoms with E-state index in [-0.39, 0.29) is 5.69 Å². The Hall–Kier alpha value is -1.80. The highest BCUT2D eigenvalue weighted by atomic mass is 79.9. The molecule has 0 radical (unpaired) electrons. The molecule has 7 nitrogen and oxygen atoms in total. The van der Waals surface area contributed by atoms with Crippen LogP contribution in [0.4, 0.5) is 5.69 Å². The first-order chi connectivity index (χ1) is 10.1. The van der Waals surface area contributed by atoms with Crippen molar-refractivity contribution in [2.75, 3.05) is 6.54 Å². The first kappa shape index (κ1) is 14.2. The third-order valence-electron chi connectivity index (χ3n) is 3.37. The van der Waals surface area contributed by atoms with Crippen molar-refractivity contribution in [1.29, 1.82) is 0 Å². The average Bonchev–Trinajstić information content (AvgIpc) is 3.16. The van der Waals surface area contributed by atoms with E-state index < -0.39 is 4.92 Å². The second kappa shape index (κ2) is 5.90. The van der Waals surface area contributed by atoms with Crippen LogP contribution in [0.5, 0.6) is 0 Å². The molecular formula is C13H14BrN5O2. The number of aromatic nitrogens is 3. The zero-order chi connectivity index (χ0) is 14.8. The van der Waals surface area contributed by atoms with E-state index in [1.54, 1.807) is 10.7 Å². The maximum Gasteiger partial charge on any atom is 0.270 e. The Balaban J connectivity index is 1.71. The summed E-state index contributed by atoms with van der Waals surface area (Å²) in [6, 6.07) is 4.56. The maximum absolute atomic E-state index is 10.7. The van der Waals surface area contributed by atoms with Crippen molar-refractivity contribution >= 4 is 21.6 Å². The van der Waals surface area contributed by atoms with Gasteiger partial charge in [-0.25, -0.2) is 4.68 Å². The minimum Gasteiger partial charge on any atom is -0.311 e. The molecule has 0 bridgehead atoms. The monoisotopic (exact) mass is 351 g/mol. The molecule has 3 rings (SSSR count). The largest absolute Gasteiger partial charge is 0.311 e. The van der Waals surface area contributed by atoms with Gasteiger partial charge in [-0.1, -0.05) is 5.21 Å². The predicted molar refractivity (Wildman–Crippen MR) is 80.1 cm³/mol. The second-order valence-electron chi connectivity index (χ2n) is 5.12. The fraction of sp³-hybridized carbons (Fsp3) is 0.385. The molecule has 0 aliphatic heterocycles. The van der Waals surface area contributed by atoms with Crippen molar-refractivity contribution in [1.82, 2.24) is 20.3 Å². The smallest absolute Gasteiger partial charge is 0.270 e. The van der Waals surface area contributed by atoms with Gasteiger partial charge >= 0.3 is 0 Å². The van der Waals surface area contributed by atoms with Crippen molar-refractivity contribution < 1.29 is 4.92 Å². The highest BCUT2D eigenvalue weighted by Crippen LogP contribution is 2.28. The fourth-order valence-corrected chi connectivity index (χ4v) is 2.57. The van der Waals surface area contributed by atoms with E-state index in [9.17, 15) is 10.1 Å². The lowest BCUT2D eigenvalue weighted by molar-refractivity contribution is -0.384. The van der Waals surface area contributed by atoms with Gasteiger partial charge in [0, 0.05) is 18.7 Å². The van der Waals surface area contributed by atoms with Crippen LogP contribution in [0.1, 0.15) is 18.5 Å². The zero-order valence-electron chi connectivity index (χ0n) is 11.2. The van der Waals surface area contributed by atoms with E-state index >= 15 is 0 Å². The number of nitro benzene ring substituents is 1. The van der Waals surface area contributed by atoms with Gasteiger partial charge < -0.3 is 5.32 Å². The third-order valence-corrected chi connectivity index (χ3v) is 4.00. The molecular weight excluding hydrogens is 338 g/mol. The highest BCUT2D eigenvalue weighted by Gasteiger charge is 2.20. The van der Waals surface area contributed by atoms with E-state index in [0.717, 1.165) is 23.8 Å². The number of nitrogens with one attached hydrogen (secondary N) is 1. The maximum atomic E-state index is 10.7. The molecule has 1 heterocycles. The van der Waals surface area contributed by atoms with Crippen molar-refractivity contribution in [3.05, 3.63) is 44.7 Å². The topological polar surface area (TPSA) is 85.9 Å². The summed E-state index contributed by atoms with van der Waals surface area (Å²) in [6.45, 7) is 1.70. The SMILES string of the molecule is O=[N+]([O-])c1ccc(-n2cc(CNCC3CC3)nn2)c(Br)c1. The lowest BCUT2D eigenvalue weighted by atomic mass is 10.3. The van der Waals surface area contributed by atoms with Crippen LogP contribution in [-0.2, 0) is 6.54 Å². The Morgan fingerprint density at radius 1 is 1.48 bits per heavy atom. The summed E-state index contributed by atoms with van der Waals surface area (Å²) in [7, 11) is 0. The summed E-state index contributed by atoms with van der Waals surface area (Å²) in [5.41, 5.74) is 1.61. The Morgan fingerprint density at radius 3 is 2.95 bits per heavy atom. The third kappa shape index (κ3) is 3.45. The first-order valence-electron chi connectivity index (χ1n) is 6.70. The molecule has 8 heteroatoms. The minimum atomic E-state index is -0.427. The summed E-state index contributed by atoms with van der Waals surface area (Å²) < 4.78 is 2.22. The van der Waals surface area contributed by atoms with E-state index in [0.29, 0.717) is 11.0 Å². The van der Waals surface area contributed by atoms with Crippen LogP contribution in [0, 0.1) is 16.0 Å². The van der Waals surface area contributed by atoms with Gasteiger partial charge in [-0.15, -0.1) is 5.10 Å². The normalized spacial score (nSPS) is 14.3. The van der Waals surface area contributed by atoms with Crippen molar-refractivity contribution in [2.45, 2.75) is 19.4 Å². The lowest BCUT2D eigenvalue weighted by Gasteiger charge is -2.03. The average molecular weight is 352 g/mol. The zero-order valence-corrected chi connectivity index (χ0v) is 12.8. The molecule has 1 aliphatic carbocycles. The molecule has 0 atom stereocenters. The van der Waals surface area contributed by atoms with E-state index in [4.69, 9.17) is 0 Å². The molecule has 110 valence electrons. The van der Waals surface area contributed by atoms with Crippen LogP contribution < -0.4 is 5.32 Å². The van der Waals surface area contributed by atoms with Gasteiger partial charge in [-0.3, -0.25) is 10.1 Å². The molecule has 1 saturated carbocycles. The van der Waals surface area contributed by atoms with Crippen LogP contribution in [0.3, 0.4) is 0 Å². The van der Waals surface area contributed by atoms with Crippen LogP contribution >= 0.6 is 15.9 Å². The minimum absolute atomic E-state index is 0.0389. The Kier molecular flexibility index (Phi) is 3.98. The number of rotatable bonds is 6. The Labute approximate surface area is 129 Å². The van der Waals surface area contributed by atoms with Crippen molar-refractivity contribution in [3.8, 4) is 5.69 Å². The fourth-order valence-electron chi connectivity index (χ4n) is 2.02. The Bertz CT molecular complexity index is 668. The summed E-state index contributed by atoms with van der Waals surface area (Å²) in [4.78, 5) is 10.3. The molecule has 1 aliphatic rings. The molecule has 1 fully saturated rings. The van der Waals surface area contributed by atoms with E-state index in [1.165, 1.54) is 25.0 Å². The first-order valence-corrected chi connectivity index (χ1v) is 7.49. The second-order valence-corrected chi connectivity index (χ2v) is 5.98. The van der Waals surface area contributed by atoms with Gasteiger partial charge in [0.25, 0.3) is 5.69 Å². The molecule has 1 aromatic heterocycles. The van der Waals surface area contributed by atoms with Crippen LogP contribution in [0.2, 0.25) is 0 Å². The van der Waals surface area contributed by atoms with Crippen LogP contribution in [0.15, 0.2) is 28.9 Å². The molecule has 21 heavy (non-hydrogen) atoms. The molecule has 1 aromatic carbocycles. The molecule has 0 amide bonds. The van der Waals surface area contributed by atoms with Crippen LogP contribution in [0.25, 0.3) is 5.69 Å². The van der Waals surface area contributed by atoms with Crippen LogP contribution in [-0.4, -0.2) is 26.5 Å². The van der Waals surface area contributed by atoms with Crippen molar-refractivity contribution in [3.63, 3.8) is 0 Å². The number of benzene rings is 1. The number of hydrogen-bond acceptors (Lipinski definition) is 5. The van der Waals surface area contributed by atoms with Gasteiger partial charge in [-0.05, 0) is 47.3 Å². The van der Waals surface area contributed by atoms with Gasteiger partial charge in [0.1, 0.15) is 0 Å². The number of halogens is 1. The van der Waals surface area contributed by atoms with Gasteiger partial charge in [0.05, 0.1) is 27.0 Å². The summed E-state index contributed by atoms with van der Waals surface area (Å²) in [5, 5.41) is 22.2. The standard InChI is InChI=1S/C13H14BrN5O2/c14-12-5-11(19(20)21)3-4-13(12)18-8-10(16-17-18)7-15-6-9-1-2-9/h3-5,8-9,15H,1-2,6-7H2. The molecule has 0 unspecified atom stereocenters. The molecule has 2 aromatic rings. The molecule has 0 spiro atoms. The highest BCUT2D eigenvalue weighted by molar-refractivity contribution is 9.10. The van der Waals surface area contributed by atoms with Crippen molar-refractivity contribution in [2.24, 2.45) is 5.92 Å². The quantitative estimate of drug-likeness (QED) is 0.638. The molecule has 0 saturated heterocycles. The van der Waals surface area contributed by atoms with E-state index in [1.807, 2.05) is 6.20 Å². The summed E-state index contributed by atoms with van der Waals surface area (Å²) in [5.74, 6) is 0.823. The number of non-ortho nitro benzene ring substituents is 1. The number of nitrogens with zero attached hydrogens (tertiary/aromatic N) is 4. The summed E-state index contributed by atoms with van der Waals surface area (Å²) >= 11 is 3.33. The lowest BCUT2D eigenvalue weighted by Crippen LogP contribution is -2.16. The number of nitro groups is 1.